The van der Waals surface area contributed by atoms with Crippen molar-refractivity contribution in [3.8, 4) is 0 Å². The van der Waals surface area contributed by atoms with Crippen molar-refractivity contribution in [3.63, 3.8) is 0 Å². The molecule has 2 atom stereocenters. The molecule has 0 bridgehead atoms. The van der Waals surface area contributed by atoms with E-state index in [1.54, 1.807) is 4.68 Å². The van der Waals surface area contributed by atoms with Crippen LogP contribution in [0.15, 0.2) is 6.20 Å². The van der Waals surface area contributed by atoms with Crippen molar-refractivity contribution in [1.82, 2.24) is 20.4 Å². The Morgan fingerprint density at radius 3 is 2.94 bits per heavy atom. The minimum Gasteiger partial charge on any atom is -0.348 e. The molecular weight excluding hydrogens is 228 g/mol. The maximum atomic E-state index is 12.1. The van der Waals surface area contributed by atoms with Crippen LogP contribution in [0.3, 0.4) is 0 Å². The van der Waals surface area contributed by atoms with Crippen LogP contribution in [0.25, 0.3) is 0 Å². The summed E-state index contributed by atoms with van der Waals surface area (Å²) in [6.07, 6.45) is 5.20. The van der Waals surface area contributed by atoms with Crippen molar-refractivity contribution < 1.29 is 4.79 Å². The Morgan fingerprint density at radius 2 is 2.39 bits per heavy atom. The molecule has 1 fully saturated rings. The smallest absolute Gasteiger partial charge is 0.237 e. The first kappa shape index (κ1) is 13.1. The van der Waals surface area contributed by atoms with Gasteiger partial charge in [0.15, 0.2) is 0 Å². The number of rotatable bonds is 3. The fraction of sp³-hybridized carbons (Fsp3) is 0.692. The lowest BCUT2D eigenvalue weighted by atomic mass is 10.0. The third-order valence-electron chi connectivity index (χ3n) is 3.50. The molecule has 0 unspecified atom stereocenters. The van der Waals surface area contributed by atoms with Crippen LogP contribution in [0.1, 0.15) is 43.5 Å². The highest BCUT2D eigenvalue weighted by Gasteiger charge is 2.23. The molecule has 100 valence electrons. The third-order valence-corrected chi connectivity index (χ3v) is 3.50. The van der Waals surface area contributed by atoms with Crippen LogP contribution in [-0.4, -0.2) is 28.3 Å². The number of aryl methyl sites for hydroxylation is 2. The normalized spacial score (nSPS) is 21.6. The van der Waals surface area contributed by atoms with E-state index in [0.717, 1.165) is 30.6 Å². The molecule has 1 amide bonds. The van der Waals surface area contributed by atoms with E-state index < -0.39 is 0 Å². The van der Waals surface area contributed by atoms with Crippen LogP contribution in [0.2, 0.25) is 0 Å². The van der Waals surface area contributed by atoms with Crippen LogP contribution in [0.5, 0.6) is 0 Å². The molecule has 1 aromatic heterocycles. The van der Waals surface area contributed by atoms with E-state index in [0.29, 0.717) is 0 Å². The van der Waals surface area contributed by atoms with Gasteiger partial charge < -0.3 is 10.6 Å². The van der Waals surface area contributed by atoms with Gasteiger partial charge in [0.2, 0.25) is 5.91 Å². The minimum absolute atomic E-state index is 0.00919. The molecule has 0 radical (unpaired) electrons. The van der Waals surface area contributed by atoms with Crippen molar-refractivity contribution in [2.75, 3.05) is 6.54 Å². The second-order valence-corrected chi connectivity index (χ2v) is 5.08. The summed E-state index contributed by atoms with van der Waals surface area (Å²) < 4.78 is 1.78. The van der Waals surface area contributed by atoms with Gasteiger partial charge in [0.25, 0.3) is 0 Å². The van der Waals surface area contributed by atoms with Crippen molar-refractivity contribution in [3.05, 3.63) is 17.5 Å². The molecule has 1 aromatic rings. The standard InChI is InChI=1S/C13H22N4O/c1-9(11-8-17(3)16-10(11)2)15-13(18)12-6-4-5-7-14-12/h8-9,12,14H,4-7H2,1-3H3,(H,15,18)/t9-,12+/m0/s1. The monoisotopic (exact) mass is 250 g/mol. The number of carbonyl (C=O) groups excluding carboxylic acids is 1. The Bertz CT molecular complexity index is 421. The zero-order valence-electron chi connectivity index (χ0n) is 11.4. The fourth-order valence-electron chi connectivity index (χ4n) is 2.51. The van der Waals surface area contributed by atoms with Gasteiger partial charge in [0.1, 0.15) is 0 Å². The Morgan fingerprint density at radius 1 is 1.61 bits per heavy atom. The van der Waals surface area contributed by atoms with E-state index in [1.807, 2.05) is 27.1 Å². The van der Waals surface area contributed by atoms with Gasteiger partial charge in [-0.1, -0.05) is 6.42 Å². The van der Waals surface area contributed by atoms with Gasteiger partial charge in [-0.2, -0.15) is 5.10 Å². The second kappa shape index (κ2) is 5.52. The van der Waals surface area contributed by atoms with Crippen LogP contribution in [0.4, 0.5) is 0 Å². The predicted molar refractivity (Wildman–Crippen MR) is 70.1 cm³/mol. The number of aromatic nitrogens is 2. The zero-order valence-corrected chi connectivity index (χ0v) is 11.4. The summed E-state index contributed by atoms with van der Waals surface area (Å²) >= 11 is 0. The highest BCUT2D eigenvalue weighted by atomic mass is 16.2. The number of piperidine rings is 1. The molecule has 1 saturated heterocycles. The summed E-state index contributed by atoms with van der Waals surface area (Å²) in [6.45, 7) is 4.92. The van der Waals surface area contributed by atoms with Gasteiger partial charge in [-0.3, -0.25) is 9.48 Å². The molecule has 0 saturated carbocycles. The van der Waals surface area contributed by atoms with E-state index in [4.69, 9.17) is 0 Å². The highest BCUT2D eigenvalue weighted by Crippen LogP contribution is 2.16. The van der Waals surface area contributed by atoms with Crippen molar-refractivity contribution in [2.24, 2.45) is 7.05 Å². The van der Waals surface area contributed by atoms with Gasteiger partial charge in [-0.25, -0.2) is 0 Å². The van der Waals surface area contributed by atoms with E-state index in [1.165, 1.54) is 6.42 Å². The largest absolute Gasteiger partial charge is 0.348 e. The quantitative estimate of drug-likeness (QED) is 0.843. The number of amides is 1. The maximum absolute atomic E-state index is 12.1. The molecule has 18 heavy (non-hydrogen) atoms. The molecule has 1 aliphatic rings. The molecule has 2 N–H and O–H groups in total. The summed E-state index contributed by atoms with van der Waals surface area (Å²) in [7, 11) is 1.90. The van der Waals surface area contributed by atoms with Gasteiger partial charge >= 0.3 is 0 Å². The van der Waals surface area contributed by atoms with Crippen molar-refractivity contribution in [1.29, 1.82) is 0 Å². The summed E-state index contributed by atoms with van der Waals surface area (Å²) in [5, 5.41) is 10.6. The number of carbonyl (C=O) groups is 1. The Labute approximate surface area is 108 Å². The molecule has 2 heterocycles. The molecule has 2 rings (SSSR count). The van der Waals surface area contributed by atoms with Gasteiger partial charge in [-0.05, 0) is 33.2 Å². The Kier molecular flexibility index (Phi) is 4.01. The lowest BCUT2D eigenvalue weighted by molar-refractivity contribution is -0.124. The van der Waals surface area contributed by atoms with Gasteiger partial charge in [0.05, 0.1) is 17.8 Å². The first-order valence-electron chi connectivity index (χ1n) is 6.62. The lowest BCUT2D eigenvalue weighted by Gasteiger charge is -2.24. The lowest BCUT2D eigenvalue weighted by Crippen LogP contribution is -2.47. The van der Waals surface area contributed by atoms with Crippen LogP contribution in [0, 0.1) is 6.92 Å². The second-order valence-electron chi connectivity index (χ2n) is 5.08. The third kappa shape index (κ3) is 2.90. The van der Waals surface area contributed by atoms with E-state index >= 15 is 0 Å². The zero-order chi connectivity index (χ0) is 13.1. The Hall–Kier alpha value is -1.36. The number of nitrogens with zero attached hydrogens (tertiary/aromatic N) is 2. The first-order valence-corrected chi connectivity index (χ1v) is 6.62. The van der Waals surface area contributed by atoms with Crippen LogP contribution < -0.4 is 10.6 Å². The number of hydrogen-bond donors (Lipinski definition) is 2. The molecule has 0 aliphatic carbocycles. The average Bonchev–Trinajstić information content (AvgIpc) is 2.69. The van der Waals surface area contributed by atoms with Crippen molar-refractivity contribution >= 4 is 5.91 Å². The number of hydrogen-bond acceptors (Lipinski definition) is 3. The van der Waals surface area contributed by atoms with E-state index in [2.05, 4.69) is 15.7 Å². The predicted octanol–water partition coefficient (Wildman–Crippen LogP) is 1.05. The minimum atomic E-state index is -0.0295. The molecule has 5 nitrogen and oxygen atoms in total. The van der Waals surface area contributed by atoms with Crippen molar-refractivity contribution in [2.45, 2.75) is 45.2 Å². The molecule has 0 aromatic carbocycles. The first-order chi connectivity index (χ1) is 8.58. The molecular formula is C13H22N4O. The summed E-state index contributed by atoms with van der Waals surface area (Å²) in [5.41, 5.74) is 2.06. The van der Waals surface area contributed by atoms with E-state index in [9.17, 15) is 4.79 Å². The van der Waals surface area contributed by atoms with Crippen LogP contribution in [-0.2, 0) is 11.8 Å². The average molecular weight is 250 g/mol. The van der Waals surface area contributed by atoms with Crippen LogP contribution >= 0.6 is 0 Å². The van der Waals surface area contributed by atoms with Gasteiger partial charge in [-0.15, -0.1) is 0 Å². The molecule has 5 heteroatoms. The summed E-state index contributed by atoms with van der Waals surface area (Å²) in [6, 6.07) is -0.0203. The summed E-state index contributed by atoms with van der Waals surface area (Å²) in [4.78, 5) is 12.1. The topological polar surface area (TPSA) is 59.0 Å². The maximum Gasteiger partial charge on any atom is 0.237 e. The molecule has 1 aliphatic heterocycles. The SMILES string of the molecule is Cc1nn(C)cc1[C@H](C)NC(=O)[C@H]1CCCCN1. The van der Waals surface area contributed by atoms with E-state index in [-0.39, 0.29) is 18.0 Å². The molecule has 0 spiro atoms. The summed E-state index contributed by atoms with van der Waals surface area (Å²) in [5.74, 6) is 0.102. The highest BCUT2D eigenvalue weighted by molar-refractivity contribution is 5.82. The Balaban J connectivity index is 1.96. The fourth-order valence-corrected chi connectivity index (χ4v) is 2.51. The van der Waals surface area contributed by atoms with Gasteiger partial charge in [0, 0.05) is 18.8 Å². The number of nitrogens with one attached hydrogen (secondary N) is 2.